The van der Waals surface area contributed by atoms with Gasteiger partial charge in [-0.2, -0.15) is 0 Å². The van der Waals surface area contributed by atoms with Crippen LogP contribution in [0.15, 0.2) is 53.7 Å². The number of hydrogen-bond acceptors (Lipinski definition) is 5. The van der Waals surface area contributed by atoms with Crippen molar-refractivity contribution in [1.29, 1.82) is 0 Å². The van der Waals surface area contributed by atoms with Gasteiger partial charge in [0, 0.05) is 22.9 Å². The maximum Gasteiger partial charge on any atom is 0.338 e. The molecule has 1 aromatic heterocycles. The van der Waals surface area contributed by atoms with Crippen molar-refractivity contribution >= 4 is 46.2 Å². The van der Waals surface area contributed by atoms with Gasteiger partial charge in [-0.3, -0.25) is 4.57 Å². The molecule has 0 bridgehead atoms. The van der Waals surface area contributed by atoms with Gasteiger partial charge >= 0.3 is 5.97 Å². The number of carbonyl (C=O) groups is 1. The molecule has 0 radical (unpaired) electrons. The lowest BCUT2D eigenvalue weighted by atomic mass is 9.95. The highest BCUT2D eigenvalue weighted by molar-refractivity contribution is 6.35. The number of esters is 1. The van der Waals surface area contributed by atoms with Gasteiger partial charge in [-0.15, -0.1) is 0 Å². The number of allylic oxidation sites excluding steroid dienone is 1. The number of nitrogens with zero attached hydrogens (tertiary/aromatic N) is 2. The second kappa shape index (κ2) is 8.06. The summed E-state index contributed by atoms with van der Waals surface area (Å²) in [6, 6.07) is 12.5. The third-order valence-corrected chi connectivity index (χ3v) is 5.39. The molecule has 8 heteroatoms. The topological polar surface area (TPSA) is 65.4 Å². The van der Waals surface area contributed by atoms with E-state index in [1.165, 1.54) is 0 Å². The first-order valence-corrected chi connectivity index (χ1v) is 9.82. The van der Waals surface area contributed by atoms with Gasteiger partial charge in [-0.1, -0.05) is 41.4 Å². The number of halogens is 2. The van der Waals surface area contributed by atoms with E-state index in [9.17, 15) is 4.79 Å². The number of para-hydroxylation sites is 2. The fourth-order valence-electron chi connectivity index (χ4n) is 3.54. The number of imidazole rings is 1. The van der Waals surface area contributed by atoms with E-state index in [0.29, 0.717) is 33.9 Å². The van der Waals surface area contributed by atoms with Gasteiger partial charge < -0.3 is 14.8 Å². The summed E-state index contributed by atoms with van der Waals surface area (Å²) >= 11 is 12.7. The summed E-state index contributed by atoms with van der Waals surface area (Å²) in [5.41, 5.74) is 3.54. The predicted molar refractivity (Wildman–Crippen MR) is 113 cm³/mol. The van der Waals surface area contributed by atoms with Crippen LogP contribution in [-0.2, 0) is 14.3 Å². The minimum atomic E-state index is -0.515. The average molecular weight is 432 g/mol. The van der Waals surface area contributed by atoms with Gasteiger partial charge in [0.15, 0.2) is 0 Å². The zero-order chi connectivity index (χ0) is 20.5. The van der Waals surface area contributed by atoms with Crippen molar-refractivity contribution in [1.82, 2.24) is 9.55 Å². The minimum Gasteiger partial charge on any atom is -0.460 e. The Morgan fingerprint density at radius 3 is 2.76 bits per heavy atom. The molecule has 6 nitrogen and oxygen atoms in total. The van der Waals surface area contributed by atoms with Crippen LogP contribution in [0.2, 0.25) is 10.0 Å². The second-order valence-corrected chi connectivity index (χ2v) is 7.50. The minimum absolute atomic E-state index is 0.157. The van der Waals surface area contributed by atoms with Gasteiger partial charge in [0.1, 0.15) is 6.61 Å². The van der Waals surface area contributed by atoms with Gasteiger partial charge in [0.25, 0.3) is 0 Å². The number of nitrogens with one attached hydrogen (secondary N) is 1. The molecule has 29 heavy (non-hydrogen) atoms. The molecule has 150 valence electrons. The number of methoxy groups -OCH3 is 1. The standard InChI is InChI=1S/C21H19Cl2N3O3/c1-12-18(20(27)29-10-9-28-2)19(14-8-7-13(22)11-15(14)23)26-17-6-4-3-5-16(17)25-21(26)24-12/h3-8,11,19H,9-10H2,1-2H3,(H,24,25). The van der Waals surface area contributed by atoms with Crippen LogP contribution in [0.1, 0.15) is 18.5 Å². The van der Waals surface area contributed by atoms with Crippen LogP contribution in [0.3, 0.4) is 0 Å². The zero-order valence-corrected chi connectivity index (χ0v) is 17.4. The van der Waals surface area contributed by atoms with E-state index in [0.717, 1.165) is 16.6 Å². The SMILES string of the molecule is COCCOC(=O)C1=C(C)Nc2nc3ccccc3n2C1c1ccc(Cl)cc1Cl. The molecule has 0 aliphatic carbocycles. The first kappa shape index (κ1) is 19.8. The summed E-state index contributed by atoms with van der Waals surface area (Å²) in [5, 5.41) is 4.21. The number of carbonyl (C=O) groups excluding carboxylic acids is 1. The van der Waals surface area contributed by atoms with Crippen molar-refractivity contribution in [3.8, 4) is 0 Å². The van der Waals surface area contributed by atoms with Crippen LogP contribution in [0.4, 0.5) is 5.95 Å². The molecule has 1 N–H and O–H groups in total. The Morgan fingerprint density at radius 1 is 1.21 bits per heavy atom. The Kier molecular flexibility index (Phi) is 5.50. The molecule has 1 aliphatic heterocycles. The lowest BCUT2D eigenvalue weighted by Crippen LogP contribution is -2.29. The molecule has 4 rings (SSSR count). The van der Waals surface area contributed by atoms with E-state index in [4.69, 9.17) is 32.7 Å². The van der Waals surface area contributed by atoms with E-state index in [2.05, 4.69) is 10.3 Å². The second-order valence-electron chi connectivity index (χ2n) is 6.65. The number of fused-ring (bicyclic) bond motifs is 3. The normalized spacial score (nSPS) is 15.9. The Bertz CT molecular complexity index is 1120. The summed E-state index contributed by atoms with van der Waals surface area (Å²) in [6.07, 6.45) is 0. The van der Waals surface area contributed by atoms with Crippen LogP contribution in [0, 0.1) is 0 Å². The summed E-state index contributed by atoms with van der Waals surface area (Å²) in [4.78, 5) is 17.7. The Labute approximate surface area is 178 Å². The summed E-state index contributed by atoms with van der Waals surface area (Å²) in [6.45, 7) is 2.30. The number of hydrogen-bond donors (Lipinski definition) is 1. The quantitative estimate of drug-likeness (QED) is 0.463. The van der Waals surface area contributed by atoms with Crippen molar-refractivity contribution in [3.63, 3.8) is 0 Å². The van der Waals surface area contributed by atoms with Gasteiger partial charge in [-0.05, 0) is 36.8 Å². The molecule has 0 spiro atoms. The van der Waals surface area contributed by atoms with E-state index in [1.807, 2.05) is 41.8 Å². The van der Waals surface area contributed by atoms with Crippen LogP contribution in [0.5, 0.6) is 0 Å². The van der Waals surface area contributed by atoms with Gasteiger partial charge in [0.2, 0.25) is 5.95 Å². The van der Waals surface area contributed by atoms with Gasteiger partial charge in [0.05, 0.1) is 29.3 Å². The van der Waals surface area contributed by atoms with Crippen LogP contribution in [0.25, 0.3) is 11.0 Å². The summed E-state index contributed by atoms with van der Waals surface area (Å²) in [5.74, 6) is 0.194. The molecule has 3 aromatic rings. The molecule has 0 saturated heterocycles. The highest BCUT2D eigenvalue weighted by Gasteiger charge is 2.36. The third-order valence-electron chi connectivity index (χ3n) is 4.83. The van der Waals surface area contributed by atoms with Crippen molar-refractivity contribution in [3.05, 3.63) is 69.3 Å². The van der Waals surface area contributed by atoms with E-state index >= 15 is 0 Å². The Morgan fingerprint density at radius 2 is 2.00 bits per heavy atom. The van der Waals surface area contributed by atoms with Crippen LogP contribution in [-0.4, -0.2) is 35.8 Å². The van der Waals surface area contributed by atoms with E-state index in [1.54, 1.807) is 19.2 Å². The van der Waals surface area contributed by atoms with Crippen molar-refractivity contribution < 1.29 is 14.3 Å². The smallest absolute Gasteiger partial charge is 0.338 e. The molecule has 2 aromatic carbocycles. The van der Waals surface area contributed by atoms with Crippen molar-refractivity contribution in [2.24, 2.45) is 0 Å². The predicted octanol–water partition coefficient (Wildman–Crippen LogP) is 4.82. The lowest BCUT2D eigenvalue weighted by molar-refractivity contribution is -0.140. The van der Waals surface area contributed by atoms with Crippen LogP contribution < -0.4 is 5.32 Å². The molecule has 0 amide bonds. The first-order chi connectivity index (χ1) is 14.0. The summed E-state index contributed by atoms with van der Waals surface area (Å²) < 4.78 is 12.4. The molecular formula is C21H19Cl2N3O3. The summed E-state index contributed by atoms with van der Waals surface area (Å²) in [7, 11) is 1.56. The molecule has 1 unspecified atom stereocenters. The monoisotopic (exact) mass is 431 g/mol. The number of rotatable bonds is 5. The molecule has 1 aliphatic rings. The third kappa shape index (κ3) is 3.59. The molecule has 2 heterocycles. The fraction of sp³-hybridized carbons (Fsp3) is 0.238. The molecule has 1 atom stereocenters. The maximum absolute atomic E-state index is 13.0. The zero-order valence-electron chi connectivity index (χ0n) is 15.9. The number of ether oxygens (including phenoxy) is 2. The average Bonchev–Trinajstić information content (AvgIpc) is 3.05. The highest BCUT2D eigenvalue weighted by Crippen LogP contribution is 2.42. The fourth-order valence-corrected chi connectivity index (χ4v) is 4.05. The van der Waals surface area contributed by atoms with Crippen molar-refractivity contribution in [2.45, 2.75) is 13.0 Å². The van der Waals surface area contributed by atoms with E-state index in [-0.39, 0.29) is 6.61 Å². The van der Waals surface area contributed by atoms with Gasteiger partial charge in [-0.25, -0.2) is 9.78 Å². The highest BCUT2D eigenvalue weighted by atomic mass is 35.5. The van der Waals surface area contributed by atoms with E-state index < -0.39 is 12.0 Å². The number of anilines is 1. The molecule has 0 saturated carbocycles. The Balaban J connectivity index is 1.90. The van der Waals surface area contributed by atoms with Crippen molar-refractivity contribution in [2.75, 3.05) is 25.6 Å². The maximum atomic E-state index is 13.0. The lowest BCUT2D eigenvalue weighted by Gasteiger charge is -2.30. The molecular weight excluding hydrogens is 413 g/mol. The van der Waals surface area contributed by atoms with Crippen LogP contribution >= 0.6 is 23.2 Å². The number of aromatic nitrogens is 2. The Hall–Kier alpha value is -2.54. The number of benzene rings is 2. The first-order valence-electron chi connectivity index (χ1n) is 9.07. The largest absolute Gasteiger partial charge is 0.460 e. The molecule has 0 fully saturated rings.